The van der Waals surface area contributed by atoms with E-state index in [0.717, 1.165) is 5.69 Å². The van der Waals surface area contributed by atoms with Crippen molar-refractivity contribution in [2.45, 2.75) is 14.0 Å². The van der Waals surface area contributed by atoms with Crippen LogP contribution in [0.25, 0.3) is 0 Å². The van der Waals surface area contributed by atoms with E-state index in [2.05, 4.69) is 29.4 Å². The van der Waals surface area contributed by atoms with E-state index in [-0.39, 0.29) is 7.43 Å². The molecule has 1 aromatic heterocycles. The second kappa shape index (κ2) is 10.3. The van der Waals surface area contributed by atoms with Gasteiger partial charge in [-0.05, 0) is 36.6 Å². The zero-order chi connectivity index (χ0) is 8.53. The molecule has 0 aliphatic heterocycles. The predicted octanol–water partition coefficient (Wildman–Crippen LogP) is 2.19. The van der Waals surface area contributed by atoms with E-state index in [1.165, 1.54) is 0 Å². The molecule has 0 amide bonds. The first-order chi connectivity index (χ1) is 5.35. The topological polar surface area (TPSA) is 38.9 Å². The molecular formula is C8H12N2S2. The Morgan fingerprint density at radius 1 is 1.42 bits per heavy atom. The maximum absolute atomic E-state index is 5.29. The largest absolute Gasteiger partial charge is 0.325 e. The summed E-state index contributed by atoms with van der Waals surface area (Å²) < 4.78 is 1.92. The van der Waals surface area contributed by atoms with Crippen molar-refractivity contribution in [3.8, 4) is 0 Å². The normalized spacial score (nSPS) is 6.75. The van der Waals surface area contributed by atoms with Gasteiger partial charge in [-0.15, -0.1) is 0 Å². The van der Waals surface area contributed by atoms with Gasteiger partial charge in [0.1, 0.15) is 0 Å². The second-order valence-electron chi connectivity index (χ2n) is 1.61. The average Bonchev–Trinajstić information content (AvgIpc) is 2.08. The number of nitrogens with zero attached hydrogens (tertiary/aromatic N) is 1. The molecule has 0 saturated carbocycles. The van der Waals surface area contributed by atoms with Crippen LogP contribution in [0.1, 0.15) is 13.1 Å². The van der Waals surface area contributed by atoms with Crippen LogP contribution in [-0.4, -0.2) is 9.30 Å². The Morgan fingerprint density at radius 2 is 2.00 bits per heavy atom. The molecule has 0 spiro atoms. The molecule has 4 heteroatoms. The SMILES string of the molecule is C.NCc1ccccn1.S=C=S. The summed E-state index contributed by atoms with van der Waals surface area (Å²) in [6, 6.07) is 5.70. The van der Waals surface area contributed by atoms with Crippen molar-refractivity contribution in [2.24, 2.45) is 5.73 Å². The third-order valence-corrected chi connectivity index (χ3v) is 0.935. The summed E-state index contributed by atoms with van der Waals surface area (Å²) in [4.78, 5) is 3.97. The first-order valence-electron chi connectivity index (χ1n) is 2.94. The van der Waals surface area contributed by atoms with Gasteiger partial charge in [-0.3, -0.25) is 4.98 Å². The Kier molecular flexibility index (Phi) is 12.0. The van der Waals surface area contributed by atoms with E-state index >= 15 is 0 Å². The number of nitrogens with two attached hydrogens (primary N) is 1. The lowest BCUT2D eigenvalue weighted by Gasteiger charge is -1.89. The van der Waals surface area contributed by atoms with Gasteiger partial charge in [0.25, 0.3) is 0 Å². The van der Waals surface area contributed by atoms with Crippen molar-refractivity contribution < 1.29 is 0 Å². The van der Waals surface area contributed by atoms with Gasteiger partial charge in [0, 0.05) is 17.1 Å². The van der Waals surface area contributed by atoms with E-state index in [1.54, 1.807) is 6.20 Å². The van der Waals surface area contributed by atoms with Gasteiger partial charge < -0.3 is 5.73 Å². The van der Waals surface area contributed by atoms with Gasteiger partial charge in [0.15, 0.2) is 0 Å². The van der Waals surface area contributed by atoms with E-state index in [9.17, 15) is 0 Å². The minimum absolute atomic E-state index is 0. The van der Waals surface area contributed by atoms with Gasteiger partial charge in [0.05, 0.1) is 5.69 Å². The Morgan fingerprint density at radius 3 is 2.25 bits per heavy atom. The van der Waals surface area contributed by atoms with Gasteiger partial charge in [0.2, 0.25) is 0 Å². The number of hydrogen-bond donors (Lipinski definition) is 1. The maximum Gasteiger partial charge on any atom is 0.0539 e. The minimum Gasteiger partial charge on any atom is -0.325 e. The molecule has 66 valence electrons. The molecule has 1 heterocycles. The highest BCUT2D eigenvalue weighted by atomic mass is 32.1. The number of hydrogen-bond acceptors (Lipinski definition) is 4. The van der Waals surface area contributed by atoms with Crippen LogP contribution < -0.4 is 5.73 Å². The molecule has 0 fully saturated rings. The van der Waals surface area contributed by atoms with E-state index in [4.69, 9.17) is 5.73 Å². The van der Waals surface area contributed by atoms with Crippen molar-refractivity contribution in [1.82, 2.24) is 4.98 Å². The highest BCUT2D eigenvalue weighted by molar-refractivity contribution is 7.93. The molecule has 12 heavy (non-hydrogen) atoms. The smallest absolute Gasteiger partial charge is 0.0539 e. The van der Waals surface area contributed by atoms with Crippen LogP contribution in [-0.2, 0) is 6.54 Å². The maximum atomic E-state index is 5.29. The minimum atomic E-state index is 0. The van der Waals surface area contributed by atoms with Crippen molar-refractivity contribution in [2.75, 3.05) is 0 Å². The Balaban J connectivity index is 0. The van der Waals surface area contributed by atoms with Crippen LogP contribution in [0.2, 0.25) is 0 Å². The summed E-state index contributed by atoms with van der Waals surface area (Å²) in [6.45, 7) is 0.529. The summed E-state index contributed by atoms with van der Waals surface area (Å²) in [7, 11) is 0. The van der Waals surface area contributed by atoms with Crippen LogP contribution in [0.15, 0.2) is 24.4 Å². The molecule has 1 rings (SSSR count). The highest BCUT2D eigenvalue weighted by Gasteiger charge is 1.81. The molecule has 0 radical (unpaired) electrons. The molecule has 0 bridgehead atoms. The van der Waals surface area contributed by atoms with Crippen molar-refractivity contribution >= 4 is 28.7 Å². The number of aromatic nitrogens is 1. The van der Waals surface area contributed by atoms with Crippen molar-refractivity contribution in [3.63, 3.8) is 0 Å². The number of thiocarbonyl (C=S) groups is 2. The Labute approximate surface area is 83.8 Å². The lowest BCUT2D eigenvalue weighted by atomic mass is 10.4. The molecule has 0 atom stereocenters. The fourth-order valence-corrected chi connectivity index (χ4v) is 0.519. The zero-order valence-corrected chi connectivity index (χ0v) is 7.49. The monoisotopic (exact) mass is 200 g/mol. The lowest BCUT2D eigenvalue weighted by Crippen LogP contribution is -1.97. The molecule has 0 aliphatic rings. The molecule has 2 N–H and O–H groups in total. The molecule has 0 unspecified atom stereocenters. The fourth-order valence-electron chi connectivity index (χ4n) is 0.519. The van der Waals surface area contributed by atoms with Crippen LogP contribution >= 0.6 is 24.4 Å². The third kappa shape index (κ3) is 7.44. The van der Waals surface area contributed by atoms with Gasteiger partial charge in [-0.25, -0.2) is 0 Å². The predicted molar refractivity (Wildman–Crippen MR) is 59.0 cm³/mol. The first-order valence-corrected chi connectivity index (χ1v) is 3.76. The summed E-state index contributed by atoms with van der Waals surface area (Å²) in [5.74, 6) is 0. The molecule has 0 saturated heterocycles. The molecule has 0 aliphatic carbocycles. The van der Waals surface area contributed by atoms with E-state index < -0.39 is 0 Å². The number of rotatable bonds is 1. The summed E-state index contributed by atoms with van der Waals surface area (Å²) in [5, 5.41) is 0. The quantitative estimate of drug-likeness (QED) is 0.705. The van der Waals surface area contributed by atoms with Gasteiger partial charge in [-0.2, -0.15) is 0 Å². The molecule has 1 aromatic rings. The standard InChI is InChI=1S/C6H8N2.CS2.CH4/c7-5-6-3-1-2-4-8-6;2-1-3;/h1-4H,5,7H2;;1H4. The Bertz CT molecular complexity index is 218. The molecular weight excluding hydrogens is 188 g/mol. The first kappa shape index (κ1) is 13.9. The summed E-state index contributed by atoms with van der Waals surface area (Å²) >= 11 is 7.92. The third-order valence-electron chi connectivity index (χ3n) is 0.935. The summed E-state index contributed by atoms with van der Waals surface area (Å²) in [5.41, 5.74) is 6.22. The van der Waals surface area contributed by atoms with E-state index in [1.807, 2.05) is 22.5 Å². The average molecular weight is 200 g/mol. The second-order valence-corrected chi connectivity index (χ2v) is 2.28. The van der Waals surface area contributed by atoms with Crippen LogP contribution in [0, 0.1) is 0 Å². The fraction of sp³-hybridized carbons (Fsp3) is 0.250. The van der Waals surface area contributed by atoms with Crippen LogP contribution in [0.3, 0.4) is 0 Å². The van der Waals surface area contributed by atoms with E-state index in [0.29, 0.717) is 6.54 Å². The van der Waals surface area contributed by atoms with Crippen molar-refractivity contribution in [3.05, 3.63) is 30.1 Å². The molecule has 0 aromatic carbocycles. The van der Waals surface area contributed by atoms with Crippen LogP contribution in [0.5, 0.6) is 0 Å². The van der Waals surface area contributed by atoms with Crippen LogP contribution in [0.4, 0.5) is 0 Å². The van der Waals surface area contributed by atoms with Crippen molar-refractivity contribution in [1.29, 1.82) is 0 Å². The lowest BCUT2D eigenvalue weighted by molar-refractivity contribution is 0.991. The zero-order valence-electron chi connectivity index (χ0n) is 5.86. The summed E-state index contributed by atoms with van der Waals surface area (Å²) in [6.07, 6.45) is 1.74. The number of pyridine rings is 1. The van der Waals surface area contributed by atoms with Gasteiger partial charge >= 0.3 is 0 Å². The molecule has 2 nitrogen and oxygen atoms in total. The highest BCUT2D eigenvalue weighted by Crippen LogP contribution is 1.88. The van der Waals surface area contributed by atoms with Gasteiger partial charge in [-0.1, -0.05) is 13.5 Å². The Hall–Kier alpha value is -0.670.